The second-order valence-corrected chi connectivity index (χ2v) is 8.37. The lowest BCUT2D eigenvalue weighted by molar-refractivity contribution is -0.135. The maximum Gasteiger partial charge on any atom is 0.325 e. The van der Waals surface area contributed by atoms with Gasteiger partial charge in [0.05, 0.1) is 6.61 Å². The van der Waals surface area contributed by atoms with E-state index in [-0.39, 0.29) is 31.0 Å². The van der Waals surface area contributed by atoms with Gasteiger partial charge in [-0.2, -0.15) is 0 Å². The molecule has 1 spiro atoms. The second kappa shape index (κ2) is 8.16. The number of benzene rings is 1. The van der Waals surface area contributed by atoms with Crippen LogP contribution < -0.4 is 20.1 Å². The van der Waals surface area contributed by atoms with Gasteiger partial charge in [-0.15, -0.1) is 0 Å². The van der Waals surface area contributed by atoms with Crippen LogP contribution in [0.25, 0.3) is 0 Å². The zero-order chi connectivity index (χ0) is 21.3. The van der Waals surface area contributed by atoms with Crippen LogP contribution in [0.4, 0.5) is 4.79 Å². The first kappa shape index (κ1) is 20.5. The van der Waals surface area contributed by atoms with Gasteiger partial charge in [-0.25, -0.2) is 4.79 Å². The molecule has 0 aromatic heterocycles. The molecule has 0 bridgehead atoms. The van der Waals surface area contributed by atoms with Crippen molar-refractivity contribution in [3.05, 3.63) is 23.3 Å². The normalized spacial score (nSPS) is 21.9. The number of fused-ring (bicyclic) bond motifs is 1. The minimum absolute atomic E-state index is 0.117. The summed E-state index contributed by atoms with van der Waals surface area (Å²) in [5, 5.41) is 5.64. The molecule has 1 saturated heterocycles. The number of nitrogens with zero attached hydrogens (tertiary/aromatic N) is 1. The zero-order valence-electron chi connectivity index (χ0n) is 17.6. The monoisotopic (exact) mass is 415 g/mol. The Kier molecular flexibility index (Phi) is 5.58. The lowest BCUT2D eigenvalue weighted by Crippen LogP contribution is -2.49. The fraction of sp³-hybridized carbons (Fsp3) is 0.591. The predicted molar refractivity (Wildman–Crippen MR) is 109 cm³/mol. The smallest absolute Gasteiger partial charge is 0.325 e. The van der Waals surface area contributed by atoms with Crippen molar-refractivity contribution in [2.24, 2.45) is 0 Å². The van der Waals surface area contributed by atoms with Gasteiger partial charge >= 0.3 is 6.03 Å². The number of carbonyl (C=O) groups is 3. The van der Waals surface area contributed by atoms with Gasteiger partial charge in [-0.1, -0.05) is 19.3 Å². The fourth-order valence-corrected chi connectivity index (χ4v) is 4.62. The van der Waals surface area contributed by atoms with E-state index in [9.17, 15) is 14.4 Å². The Morgan fingerprint density at radius 2 is 2.07 bits per heavy atom. The molecule has 30 heavy (non-hydrogen) atoms. The van der Waals surface area contributed by atoms with Crippen molar-refractivity contribution in [1.82, 2.24) is 15.5 Å². The van der Waals surface area contributed by atoms with Crippen LogP contribution in [0.2, 0.25) is 0 Å². The standard InChI is InChI=1S/C22H29N3O5/c1-3-29-17-10-15-9-14(2)30-18(15)11-16(17)12-23-19(26)13-25-20(27)22(24-21(25)28)7-5-4-6-8-22/h10-11,14H,3-9,12-13H2,1-2H3,(H,23,26)(H,24,28)/t14-/m1/s1. The van der Waals surface area contributed by atoms with E-state index >= 15 is 0 Å². The molecule has 2 aliphatic heterocycles. The third-order valence-electron chi connectivity index (χ3n) is 6.11. The average Bonchev–Trinajstić information content (AvgIpc) is 3.18. The largest absolute Gasteiger partial charge is 0.494 e. The minimum Gasteiger partial charge on any atom is -0.494 e. The summed E-state index contributed by atoms with van der Waals surface area (Å²) < 4.78 is 11.5. The Bertz CT molecular complexity index is 863. The highest BCUT2D eigenvalue weighted by atomic mass is 16.5. The Morgan fingerprint density at radius 1 is 1.30 bits per heavy atom. The van der Waals surface area contributed by atoms with Crippen LogP contribution in [0.5, 0.6) is 11.5 Å². The molecular weight excluding hydrogens is 386 g/mol. The number of ether oxygens (including phenoxy) is 2. The van der Waals surface area contributed by atoms with Crippen LogP contribution in [0.3, 0.4) is 0 Å². The van der Waals surface area contributed by atoms with Gasteiger partial charge in [0.2, 0.25) is 5.91 Å². The molecule has 0 radical (unpaired) electrons. The molecular formula is C22H29N3O5. The lowest BCUT2D eigenvalue weighted by Gasteiger charge is -2.30. The Hall–Kier alpha value is -2.77. The van der Waals surface area contributed by atoms with E-state index in [1.165, 1.54) is 0 Å². The number of urea groups is 1. The number of imide groups is 1. The zero-order valence-corrected chi connectivity index (χ0v) is 17.6. The summed E-state index contributed by atoms with van der Waals surface area (Å²) in [5.41, 5.74) is 1.09. The Morgan fingerprint density at radius 3 is 2.80 bits per heavy atom. The van der Waals surface area contributed by atoms with Gasteiger partial charge in [0.25, 0.3) is 5.91 Å². The van der Waals surface area contributed by atoms with Gasteiger partial charge in [0.1, 0.15) is 29.7 Å². The van der Waals surface area contributed by atoms with Crippen LogP contribution in [-0.2, 0) is 22.6 Å². The van der Waals surface area contributed by atoms with Crippen molar-refractivity contribution in [3.63, 3.8) is 0 Å². The SMILES string of the molecule is CCOc1cc2c(cc1CNC(=O)CN1C(=O)NC3(CCCCC3)C1=O)O[C@H](C)C2. The van der Waals surface area contributed by atoms with E-state index in [0.29, 0.717) is 25.2 Å². The molecule has 1 aromatic carbocycles. The summed E-state index contributed by atoms with van der Waals surface area (Å²) in [4.78, 5) is 38.7. The summed E-state index contributed by atoms with van der Waals surface area (Å²) in [7, 11) is 0. The minimum atomic E-state index is -0.814. The maximum absolute atomic E-state index is 12.8. The van der Waals surface area contributed by atoms with Crippen molar-refractivity contribution >= 4 is 17.8 Å². The van der Waals surface area contributed by atoms with Crippen LogP contribution in [0, 0.1) is 0 Å². The average molecular weight is 415 g/mol. The van der Waals surface area contributed by atoms with Crippen LogP contribution in [-0.4, -0.2) is 47.5 Å². The Balaban J connectivity index is 1.40. The number of hydrogen-bond donors (Lipinski definition) is 2. The third-order valence-corrected chi connectivity index (χ3v) is 6.11. The summed E-state index contributed by atoms with van der Waals surface area (Å²) in [5.74, 6) is 0.856. The molecule has 1 saturated carbocycles. The Labute approximate surface area is 176 Å². The van der Waals surface area contributed by atoms with Crippen molar-refractivity contribution in [3.8, 4) is 11.5 Å². The molecule has 1 atom stereocenters. The van der Waals surface area contributed by atoms with Crippen molar-refractivity contribution in [2.75, 3.05) is 13.2 Å². The molecule has 0 unspecified atom stereocenters. The molecule has 8 heteroatoms. The summed E-state index contributed by atoms with van der Waals surface area (Å²) in [6.07, 6.45) is 5.11. The number of nitrogens with one attached hydrogen (secondary N) is 2. The van der Waals surface area contributed by atoms with Crippen molar-refractivity contribution < 1.29 is 23.9 Å². The van der Waals surface area contributed by atoms with Gasteiger partial charge < -0.3 is 20.1 Å². The van der Waals surface area contributed by atoms with Crippen molar-refractivity contribution in [1.29, 1.82) is 0 Å². The van der Waals surface area contributed by atoms with E-state index in [4.69, 9.17) is 9.47 Å². The summed E-state index contributed by atoms with van der Waals surface area (Å²) in [6.45, 7) is 4.38. The molecule has 4 amide bonds. The third kappa shape index (κ3) is 3.82. The molecule has 2 heterocycles. The van der Waals surface area contributed by atoms with E-state index in [0.717, 1.165) is 47.5 Å². The van der Waals surface area contributed by atoms with Crippen LogP contribution in [0.1, 0.15) is 57.1 Å². The number of carbonyl (C=O) groups excluding carboxylic acids is 3. The van der Waals surface area contributed by atoms with Gasteiger partial charge in [0, 0.05) is 24.1 Å². The number of rotatable bonds is 6. The molecule has 2 fully saturated rings. The molecule has 1 aliphatic carbocycles. The number of hydrogen-bond acceptors (Lipinski definition) is 5. The molecule has 3 aliphatic rings. The van der Waals surface area contributed by atoms with Crippen LogP contribution in [0.15, 0.2) is 12.1 Å². The topological polar surface area (TPSA) is 97.0 Å². The van der Waals surface area contributed by atoms with Gasteiger partial charge in [-0.3, -0.25) is 14.5 Å². The van der Waals surface area contributed by atoms with E-state index in [1.807, 2.05) is 26.0 Å². The predicted octanol–water partition coefficient (Wildman–Crippen LogP) is 2.28. The molecule has 1 aromatic rings. The van der Waals surface area contributed by atoms with E-state index < -0.39 is 11.6 Å². The molecule has 8 nitrogen and oxygen atoms in total. The molecule has 162 valence electrons. The van der Waals surface area contributed by atoms with Gasteiger partial charge in [0.15, 0.2) is 0 Å². The summed E-state index contributed by atoms with van der Waals surface area (Å²) >= 11 is 0. The first-order valence-electron chi connectivity index (χ1n) is 10.8. The van der Waals surface area contributed by atoms with E-state index in [1.54, 1.807) is 0 Å². The first-order valence-corrected chi connectivity index (χ1v) is 10.8. The van der Waals surface area contributed by atoms with E-state index in [2.05, 4.69) is 10.6 Å². The van der Waals surface area contributed by atoms with Crippen molar-refractivity contribution in [2.45, 2.75) is 70.6 Å². The van der Waals surface area contributed by atoms with Gasteiger partial charge in [-0.05, 0) is 38.8 Å². The molecule has 4 rings (SSSR count). The number of amides is 4. The second-order valence-electron chi connectivity index (χ2n) is 8.37. The first-order chi connectivity index (χ1) is 14.4. The fourth-order valence-electron chi connectivity index (χ4n) is 4.62. The summed E-state index contributed by atoms with van der Waals surface area (Å²) in [6, 6.07) is 3.38. The quantitative estimate of drug-likeness (QED) is 0.695. The maximum atomic E-state index is 12.8. The highest BCUT2D eigenvalue weighted by Gasteiger charge is 2.51. The lowest BCUT2D eigenvalue weighted by atomic mass is 9.82. The van der Waals surface area contributed by atoms with Crippen LogP contribution >= 0.6 is 0 Å². The highest BCUT2D eigenvalue weighted by molar-refractivity contribution is 6.09. The molecule has 2 N–H and O–H groups in total. The highest BCUT2D eigenvalue weighted by Crippen LogP contribution is 2.35.